The van der Waals surface area contributed by atoms with Gasteiger partial charge in [-0.15, -0.1) is 0 Å². The molecule has 0 saturated carbocycles. The lowest BCUT2D eigenvalue weighted by Crippen LogP contribution is -2.23. The molecule has 1 aromatic heterocycles. The maximum Gasteiger partial charge on any atom is 0.0658 e. The maximum atomic E-state index is 5.09. The molecular formula is C12H22BrN3O. The molecule has 1 heterocycles. The highest BCUT2D eigenvalue weighted by Crippen LogP contribution is 2.19. The van der Waals surface area contributed by atoms with Crippen molar-refractivity contribution in [2.24, 2.45) is 5.92 Å². The van der Waals surface area contributed by atoms with E-state index >= 15 is 0 Å². The number of nitrogens with zero attached hydrogens (tertiary/aromatic N) is 2. The molecule has 0 amide bonds. The van der Waals surface area contributed by atoms with Crippen molar-refractivity contribution in [3.63, 3.8) is 0 Å². The van der Waals surface area contributed by atoms with Crippen molar-refractivity contribution >= 4 is 15.9 Å². The van der Waals surface area contributed by atoms with Crippen LogP contribution in [0.25, 0.3) is 0 Å². The molecule has 1 N–H and O–H groups in total. The Hall–Kier alpha value is -0.390. The summed E-state index contributed by atoms with van der Waals surface area (Å²) in [4.78, 5) is 0. The molecule has 0 aromatic carbocycles. The third kappa shape index (κ3) is 4.77. The summed E-state index contributed by atoms with van der Waals surface area (Å²) in [5.41, 5.74) is 1.26. The second-order valence-corrected chi connectivity index (χ2v) is 5.13. The van der Waals surface area contributed by atoms with Gasteiger partial charge in [-0.2, -0.15) is 5.10 Å². The quantitative estimate of drug-likeness (QED) is 0.799. The molecular weight excluding hydrogens is 282 g/mol. The first-order valence-electron chi connectivity index (χ1n) is 6.08. The van der Waals surface area contributed by atoms with Gasteiger partial charge in [0, 0.05) is 7.11 Å². The predicted molar refractivity (Wildman–Crippen MR) is 73.2 cm³/mol. The molecule has 0 radical (unpaired) electrons. The largest absolute Gasteiger partial charge is 0.383 e. The summed E-state index contributed by atoms with van der Waals surface area (Å²) in [5.74, 6) is 0.601. The van der Waals surface area contributed by atoms with Crippen LogP contribution >= 0.6 is 15.9 Å². The SMILES string of the molecule is CCNCC(C)Cc1c(Br)cnn1CCOC. The Balaban J connectivity index is 2.58. The van der Waals surface area contributed by atoms with Gasteiger partial charge in [-0.1, -0.05) is 13.8 Å². The van der Waals surface area contributed by atoms with Crippen molar-refractivity contribution in [3.05, 3.63) is 16.4 Å². The van der Waals surface area contributed by atoms with E-state index in [1.54, 1.807) is 7.11 Å². The molecule has 98 valence electrons. The topological polar surface area (TPSA) is 39.1 Å². The zero-order valence-corrected chi connectivity index (χ0v) is 12.5. The molecule has 1 rings (SSSR count). The number of hydrogen-bond donors (Lipinski definition) is 1. The Morgan fingerprint density at radius 2 is 2.35 bits per heavy atom. The van der Waals surface area contributed by atoms with Crippen LogP contribution in [0, 0.1) is 5.92 Å². The zero-order chi connectivity index (χ0) is 12.7. The number of nitrogens with one attached hydrogen (secondary N) is 1. The fraction of sp³-hybridized carbons (Fsp3) is 0.750. The highest BCUT2D eigenvalue weighted by Gasteiger charge is 2.12. The van der Waals surface area contributed by atoms with Gasteiger partial charge in [-0.25, -0.2) is 0 Å². The van der Waals surface area contributed by atoms with E-state index in [1.165, 1.54) is 5.69 Å². The number of hydrogen-bond acceptors (Lipinski definition) is 3. The summed E-state index contributed by atoms with van der Waals surface area (Å²) in [5, 5.41) is 7.73. The van der Waals surface area contributed by atoms with E-state index in [4.69, 9.17) is 4.74 Å². The van der Waals surface area contributed by atoms with Crippen molar-refractivity contribution in [2.45, 2.75) is 26.8 Å². The monoisotopic (exact) mass is 303 g/mol. The molecule has 0 aliphatic heterocycles. The van der Waals surface area contributed by atoms with E-state index in [0.29, 0.717) is 12.5 Å². The first-order chi connectivity index (χ1) is 8.19. The van der Waals surface area contributed by atoms with Crippen LogP contribution in [-0.2, 0) is 17.7 Å². The average molecular weight is 304 g/mol. The van der Waals surface area contributed by atoms with E-state index < -0.39 is 0 Å². The number of ether oxygens (including phenoxy) is 1. The van der Waals surface area contributed by atoms with E-state index in [0.717, 1.165) is 30.5 Å². The van der Waals surface area contributed by atoms with Gasteiger partial charge in [0.15, 0.2) is 0 Å². The Kier molecular flexibility index (Phi) is 6.77. The van der Waals surface area contributed by atoms with Crippen molar-refractivity contribution in [3.8, 4) is 0 Å². The third-order valence-electron chi connectivity index (χ3n) is 2.69. The standard InChI is InChI=1S/C12H22BrN3O/c1-4-14-8-10(2)7-12-11(13)9-15-16(12)5-6-17-3/h9-10,14H,4-8H2,1-3H3. The van der Waals surface area contributed by atoms with Gasteiger partial charge in [-0.3, -0.25) is 4.68 Å². The van der Waals surface area contributed by atoms with Crippen LogP contribution in [0.5, 0.6) is 0 Å². The van der Waals surface area contributed by atoms with Gasteiger partial charge in [0.25, 0.3) is 0 Å². The van der Waals surface area contributed by atoms with Crippen molar-refractivity contribution in [1.82, 2.24) is 15.1 Å². The second kappa shape index (κ2) is 7.84. The highest BCUT2D eigenvalue weighted by atomic mass is 79.9. The predicted octanol–water partition coefficient (Wildman–Crippen LogP) is 2.08. The molecule has 1 aromatic rings. The Morgan fingerprint density at radius 1 is 1.59 bits per heavy atom. The maximum absolute atomic E-state index is 5.09. The van der Waals surface area contributed by atoms with Gasteiger partial charge in [0.2, 0.25) is 0 Å². The first kappa shape index (κ1) is 14.7. The van der Waals surface area contributed by atoms with E-state index in [-0.39, 0.29) is 0 Å². The Morgan fingerprint density at radius 3 is 3.00 bits per heavy atom. The molecule has 4 nitrogen and oxygen atoms in total. The smallest absolute Gasteiger partial charge is 0.0658 e. The van der Waals surface area contributed by atoms with E-state index in [1.807, 2.05) is 10.9 Å². The van der Waals surface area contributed by atoms with Crippen molar-refractivity contribution < 1.29 is 4.74 Å². The summed E-state index contributed by atoms with van der Waals surface area (Å²) < 4.78 is 8.21. The van der Waals surface area contributed by atoms with Crippen molar-refractivity contribution in [1.29, 1.82) is 0 Å². The van der Waals surface area contributed by atoms with E-state index in [2.05, 4.69) is 40.2 Å². The lowest BCUT2D eigenvalue weighted by molar-refractivity contribution is 0.182. The van der Waals surface area contributed by atoms with Gasteiger partial charge >= 0.3 is 0 Å². The summed E-state index contributed by atoms with van der Waals surface area (Å²) in [6, 6.07) is 0. The van der Waals surface area contributed by atoms with Crippen LogP contribution in [0.3, 0.4) is 0 Å². The van der Waals surface area contributed by atoms with Gasteiger partial charge < -0.3 is 10.1 Å². The minimum atomic E-state index is 0.601. The highest BCUT2D eigenvalue weighted by molar-refractivity contribution is 9.10. The Labute approximate surface area is 112 Å². The van der Waals surface area contributed by atoms with Crippen LogP contribution < -0.4 is 5.32 Å². The molecule has 0 aliphatic rings. The van der Waals surface area contributed by atoms with Crippen LogP contribution in [0.4, 0.5) is 0 Å². The molecule has 17 heavy (non-hydrogen) atoms. The van der Waals surface area contributed by atoms with E-state index in [9.17, 15) is 0 Å². The van der Waals surface area contributed by atoms with Crippen LogP contribution in [0.2, 0.25) is 0 Å². The molecule has 5 heteroatoms. The summed E-state index contributed by atoms with van der Waals surface area (Å²) in [7, 11) is 1.71. The number of methoxy groups -OCH3 is 1. The average Bonchev–Trinajstić information content (AvgIpc) is 2.66. The van der Waals surface area contributed by atoms with Crippen molar-refractivity contribution in [2.75, 3.05) is 26.8 Å². The number of aromatic nitrogens is 2. The number of halogens is 1. The molecule has 0 spiro atoms. The Bertz CT molecular complexity index is 328. The minimum Gasteiger partial charge on any atom is -0.383 e. The molecule has 0 fully saturated rings. The summed E-state index contributed by atoms with van der Waals surface area (Å²) in [6.45, 7) is 7.95. The fourth-order valence-electron chi connectivity index (χ4n) is 1.75. The summed E-state index contributed by atoms with van der Waals surface area (Å²) in [6.07, 6.45) is 2.89. The second-order valence-electron chi connectivity index (χ2n) is 4.27. The molecule has 0 bridgehead atoms. The number of rotatable bonds is 8. The third-order valence-corrected chi connectivity index (χ3v) is 3.35. The summed E-state index contributed by atoms with van der Waals surface area (Å²) >= 11 is 3.56. The van der Waals surface area contributed by atoms with Crippen LogP contribution in [-0.4, -0.2) is 36.6 Å². The van der Waals surface area contributed by atoms with Crippen LogP contribution in [0.15, 0.2) is 10.7 Å². The fourth-order valence-corrected chi connectivity index (χ4v) is 2.21. The molecule has 1 unspecified atom stereocenters. The molecule has 0 saturated heterocycles. The first-order valence-corrected chi connectivity index (χ1v) is 6.88. The minimum absolute atomic E-state index is 0.601. The normalized spacial score (nSPS) is 12.9. The van der Waals surface area contributed by atoms with Crippen LogP contribution in [0.1, 0.15) is 19.5 Å². The molecule has 0 aliphatic carbocycles. The van der Waals surface area contributed by atoms with Gasteiger partial charge in [0.05, 0.1) is 29.5 Å². The molecule has 1 atom stereocenters. The van der Waals surface area contributed by atoms with Gasteiger partial charge in [0.1, 0.15) is 0 Å². The lowest BCUT2D eigenvalue weighted by atomic mass is 10.1. The lowest BCUT2D eigenvalue weighted by Gasteiger charge is -2.14. The van der Waals surface area contributed by atoms with Gasteiger partial charge in [-0.05, 0) is 41.4 Å². The zero-order valence-electron chi connectivity index (χ0n) is 10.9.